The lowest BCUT2D eigenvalue weighted by atomic mass is 10.2. The van der Waals surface area contributed by atoms with E-state index in [1.807, 2.05) is 0 Å². The minimum absolute atomic E-state index is 0.0613. The first-order valence-corrected chi connectivity index (χ1v) is 4.67. The number of benzene rings is 1. The van der Waals surface area contributed by atoms with Crippen molar-refractivity contribution in [2.75, 3.05) is 6.61 Å². The Balaban J connectivity index is 2.96. The van der Waals surface area contributed by atoms with Gasteiger partial charge in [-0.05, 0) is 19.9 Å². The van der Waals surface area contributed by atoms with Crippen molar-refractivity contribution in [3.8, 4) is 5.75 Å². The average molecular weight is 229 g/mol. The molecule has 0 fully saturated rings. The second kappa shape index (κ2) is 4.89. The number of nitro benzene ring substituents is 1. The van der Waals surface area contributed by atoms with Gasteiger partial charge in [0.25, 0.3) is 5.69 Å². The molecule has 0 aliphatic carbocycles. The van der Waals surface area contributed by atoms with E-state index in [9.17, 15) is 14.5 Å². The van der Waals surface area contributed by atoms with Gasteiger partial charge >= 0.3 is 0 Å². The van der Waals surface area contributed by atoms with Crippen molar-refractivity contribution in [3.63, 3.8) is 0 Å². The fourth-order valence-electron chi connectivity index (χ4n) is 1.16. The van der Waals surface area contributed by atoms with Crippen LogP contribution in [0.2, 0.25) is 0 Å². The summed E-state index contributed by atoms with van der Waals surface area (Å²) in [6, 6.07) is 2.06. The van der Waals surface area contributed by atoms with Crippen molar-refractivity contribution < 1.29 is 19.2 Å². The molecular weight excluding hydrogens is 217 g/mol. The van der Waals surface area contributed by atoms with E-state index in [2.05, 4.69) is 0 Å². The third-order valence-corrected chi connectivity index (χ3v) is 1.93. The molecule has 0 radical (unpaired) electrons. The largest absolute Gasteiger partial charge is 0.488 e. The van der Waals surface area contributed by atoms with E-state index in [0.717, 1.165) is 6.07 Å². The molecule has 1 atom stereocenters. The van der Waals surface area contributed by atoms with E-state index in [4.69, 9.17) is 9.84 Å². The molecule has 0 spiro atoms. The van der Waals surface area contributed by atoms with Crippen LogP contribution in [0.3, 0.4) is 0 Å². The van der Waals surface area contributed by atoms with Crippen LogP contribution in [0.1, 0.15) is 12.5 Å². The average Bonchev–Trinajstić information content (AvgIpc) is 2.18. The minimum Gasteiger partial charge on any atom is -0.488 e. The van der Waals surface area contributed by atoms with Gasteiger partial charge in [-0.3, -0.25) is 10.1 Å². The molecular formula is C10H12FNO4. The van der Waals surface area contributed by atoms with Gasteiger partial charge in [0.05, 0.1) is 17.1 Å². The smallest absolute Gasteiger partial charge is 0.275 e. The lowest BCUT2D eigenvalue weighted by Crippen LogP contribution is -2.13. The Kier molecular flexibility index (Phi) is 3.78. The normalized spacial score (nSPS) is 12.2. The van der Waals surface area contributed by atoms with E-state index in [0.29, 0.717) is 5.56 Å². The van der Waals surface area contributed by atoms with Crippen molar-refractivity contribution in [2.24, 2.45) is 0 Å². The van der Waals surface area contributed by atoms with Gasteiger partial charge in [-0.2, -0.15) is 0 Å². The highest BCUT2D eigenvalue weighted by molar-refractivity contribution is 5.45. The molecule has 0 aliphatic heterocycles. The Bertz CT molecular complexity index is 406. The summed E-state index contributed by atoms with van der Waals surface area (Å²) >= 11 is 0. The summed E-state index contributed by atoms with van der Waals surface area (Å²) in [6.07, 6.45) is -0.727. The standard InChI is InChI=1S/C10H12FNO4/c1-6-3-10(16-5-7(2)13)8(11)4-9(6)12(14)15/h3-4,7,13H,5H2,1-2H3. The molecule has 1 unspecified atom stereocenters. The molecule has 1 aromatic rings. The zero-order chi connectivity index (χ0) is 12.3. The summed E-state index contributed by atoms with van der Waals surface area (Å²) in [5.74, 6) is -0.901. The highest BCUT2D eigenvalue weighted by Crippen LogP contribution is 2.26. The third kappa shape index (κ3) is 2.90. The molecule has 16 heavy (non-hydrogen) atoms. The minimum atomic E-state index is -0.807. The molecule has 0 saturated heterocycles. The zero-order valence-electron chi connectivity index (χ0n) is 8.94. The summed E-state index contributed by atoms with van der Waals surface area (Å²) in [4.78, 5) is 9.85. The van der Waals surface area contributed by atoms with Gasteiger partial charge in [-0.15, -0.1) is 0 Å². The van der Waals surface area contributed by atoms with E-state index in [-0.39, 0.29) is 18.0 Å². The summed E-state index contributed by atoms with van der Waals surface area (Å²) in [6.45, 7) is 2.93. The van der Waals surface area contributed by atoms with Crippen molar-refractivity contribution in [2.45, 2.75) is 20.0 Å². The quantitative estimate of drug-likeness (QED) is 0.631. The Morgan fingerprint density at radius 3 is 2.75 bits per heavy atom. The van der Waals surface area contributed by atoms with Crippen molar-refractivity contribution in [1.82, 2.24) is 0 Å². The van der Waals surface area contributed by atoms with E-state index >= 15 is 0 Å². The highest BCUT2D eigenvalue weighted by atomic mass is 19.1. The number of aryl methyl sites for hydroxylation is 1. The summed E-state index contributed by atoms with van der Waals surface area (Å²) in [7, 11) is 0. The van der Waals surface area contributed by atoms with Crippen LogP contribution in [0, 0.1) is 22.9 Å². The molecule has 0 amide bonds. The van der Waals surface area contributed by atoms with Gasteiger partial charge in [0.15, 0.2) is 11.6 Å². The Labute approximate surface area is 91.6 Å². The van der Waals surface area contributed by atoms with Crippen LogP contribution in [-0.4, -0.2) is 22.7 Å². The van der Waals surface area contributed by atoms with Crippen molar-refractivity contribution >= 4 is 5.69 Å². The van der Waals surface area contributed by atoms with Gasteiger partial charge in [-0.25, -0.2) is 4.39 Å². The molecule has 0 saturated carbocycles. The van der Waals surface area contributed by atoms with Gasteiger partial charge in [-0.1, -0.05) is 0 Å². The molecule has 0 aromatic heterocycles. The molecule has 0 heterocycles. The third-order valence-electron chi connectivity index (χ3n) is 1.93. The van der Waals surface area contributed by atoms with Crippen LogP contribution in [0.15, 0.2) is 12.1 Å². The van der Waals surface area contributed by atoms with Crippen molar-refractivity contribution in [1.29, 1.82) is 0 Å². The molecule has 0 aliphatic rings. The number of nitrogens with zero attached hydrogens (tertiary/aromatic N) is 1. The van der Waals surface area contributed by atoms with E-state index < -0.39 is 16.8 Å². The summed E-state index contributed by atoms with van der Waals surface area (Å²) in [5, 5.41) is 19.5. The number of aliphatic hydroxyl groups excluding tert-OH is 1. The van der Waals surface area contributed by atoms with Crippen LogP contribution in [0.4, 0.5) is 10.1 Å². The van der Waals surface area contributed by atoms with Crippen LogP contribution < -0.4 is 4.74 Å². The lowest BCUT2D eigenvalue weighted by Gasteiger charge is -2.09. The fraction of sp³-hybridized carbons (Fsp3) is 0.400. The predicted molar refractivity (Wildman–Crippen MR) is 55.0 cm³/mol. The van der Waals surface area contributed by atoms with Crippen LogP contribution in [-0.2, 0) is 0 Å². The Hall–Kier alpha value is -1.69. The number of hydrogen-bond donors (Lipinski definition) is 1. The summed E-state index contributed by atoms with van der Waals surface area (Å²) in [5.41, 5.74) is 0.0221. The number of ether oxygens (including phenoxy) is 1. The fourth-order valence-corrected chi connectivity index (χ4v) is 1.16. The first kappa shape index (κ1) is 12.4. The van der Waals surface area contributed by atoms with Gasteiger partial charge < -0.3 is 9.84 Å². The molecule has 1 N–H and O–H groups in total. The topological polar surface area (TPSA) is 72.6 Å². The number of halogens is 1. The molecule has 0 bridgehead atoms. The van der Waals surface area contributed by atoms with Crippen LogP contribution >= 0.6 is 0 Å². The van der Waals surface area contributed by atoms with Crippen molar-refractivity contribution in [3.05, 3.63) is 33.6 Å². The molecule has 88 valence electrons. The first-order chi connectivity index (χ1) is 7.41. The summed E-state index contributed by atoms with van der Waals surface area (Å²) < 4.78 is 18.3. The maximum atomic E-state index is 13.3. The first-order valence-electron chi connectivity index (χ1n) is 4.67. The van der Waals surface area contributed by atoms with Gasteiger partial charge in [0.1, 0.15) is 6.61 Å². The second-order valence-electron chi connectivity index (χ2n) is 3.49. The Morgan fingerprint density at radius 1 is 1.62 bits per heavy atom. The SMILES string of the molecule is Cc1cc(OCC(C)O)c(F)cc1[N+](=O)[O-]. The second-order valence-corrected chi connectivity index (χ2v) is 3.49. The molecule has 6 heteroatoms. The lowest BCUT2D eigenvalue weighted by molar-refractivity contribution is -0.385. The van der Waals surface area contributed by atoms with E-state index in [1.165, 1.54) is 19.9 Å². The maximum absolute atomic E-state index is 13.3. The van der Waals surface area contributed by atoms with Crippen LogP contribution in [0.25, 0.3) is 0 Å². The number of nitro groups is 1. The molecule has 1 aromatic carbocycles. The zero-order valence-corrected chi connectivity index (χ0v) is 8.94. The molecule has 5 nitrogen and oxygen atoms in total. The van der Waals surface area contributed by atoms with Gasteiger partial charge in [0, 0.05) is 5.56 Å². The van der Waals surface area contributed by atoms with E-state index in [1.54, 1.807) is 0 Å². The number of rotatable bonds is 4. The maximum Gasteiger partial charge on any atom is 0.275 e. The predicted octanol–water partition coefficient (Wildman–Crippen LogP) is 1.80. The molecule has 1 rings (SSSR count). The van der Waals surface area contributed by atoms with Gasteiger partial charge in [0.2, 0.25) is 0 Å². The number of hydrogen-bond acceptors (Lipinski definition) is 4. The number of aliphatic hydroxyl groups is 1. The monoisotopic (exact) mass is 229 g/mol. The van der Waals surface area contributed by atoms with Crippen LogP contribution in [0.5, 0.6) is 5.75 Å². The highest BCUT2D eigenvalue weighted by Gasteiger charge is 2.16. The Morgan fingerprint density at radius 2 is 2.25 bits per heavy atom.